The smallest absolute Gasteiger partial charge is 0.164 e. The van der Waals surface area contributed by atoms with Crippen molar-refractivity contribution in [2.75, 3.05) is 0 Å². The number of pyridine rings is 1. The van der Waals surface area contributed by atoms with Crippen molar-refractivity contribution in [3.8, 4) is 39.9 Å². The monoisotopic (exact) mass is 715 g/mol. The maximum absolute atomic E-state index is 6.22. The molecule has 0 saturated heterocycles. The van der Waals surface area contributed by atoms with Crippen LogP contribution in [0.2, 0.25) is 0 Å². The Bertz CT molecular complexity index is 3560. The Morgan fingerprint density at radius 2 is 1.09 bits per heavy atom. The van der Waals surface area contributed by atoms with E-state index < -0.39 is 0 Å². The fourth-order valence-corrected chi connectivity index (χ4v) is 8.49. The van der Waals surface area contributed by atoms with Gasteiger partial charge >= 0.3 is 0 Å². The van der Waals surface area contributed by atoms with Crippen LogP contribution in [-0.4, -0.2) is 24.5 Å². The van der Waals surface area contributed by atoms with Crippen molar-refractivity contribution < 1.29 is 4.42 Å². The van der Waals surface area contributed by atoms with E-state index in [4.69, 9.17) is 24.4 Å². The van der Waals surface area contributed by atoms with Gasteiger partial charge in [-0.1, -0.05) is 127 Å². The van der Waals surface area contributed by atoms with E-state index in [0.717, 1.165) is 66.0 Å². The predicted octanol–water partition coefficient (Wildman–Crippen LogP) is 12.7. The van der Waals surface area contributed by atoms with Crippen LogP contribution in [0.25, 0.3) is 116 Å². The van der Waals surface area contributed by atoms with Crippen LogP contribution >= 0.6 is 0 Å². The average molecular weight is 716 g/mol. The van der Waals surface area contributed by atoms with Gasteiger partial charge in [-0.2, -0.15) is 0 Å². The largest absolute Gasteiger partial charge is 0.454 e. The highest BCUT2D eigenvalue weighted by atomic mass is 16.3. The van der Waals surface area contributed by atoms with Crippen molar-refractivity contribution >= 4 is 76.2 Å². The van der Waals surface area contributed by atoms with Crippen LogP contribution in [0.5, 0.6) is 0 Å². The predicted molar refractivity (Wildman–Crippen MR) is 228 cm³/mol. The molecule has 0 amide bonds. The zero-order valence-corrected chi connectivity index (χ0v) is 29.9. The van der Waals surface area contributed by atoms with Crippen LogP contribution in [0.1, 0.15) is 0 Å². The van der Waals surface area contributed by atoms with Gasteiger partial charge in [0.05, 0.1) is 22.1 Å². The molecule has 0 radical (unpaired) electrons. The molecule has 8 aromatic carbocycles. The van der Waals surface area contributed by atoms with E-state index in [-0.39, 0.29) is 0 Å². The average Bonchev–Trinajstić information content (AvgIpc) is 3.82. The number of aromatic nitrogens is 5. The lowest BCUT2D eigenvalue weighted by molar-refractivity contribution is 0.668. The van der Waals surface area contributed by atoms with Gasteiger partial charge in [0.25, 0.3) is 0 Å². The lowest BCUT2D eigenvalue weighted by Crippen LogP contribution is -2.01. The van der Waals surface area contributed by atoms with Crippen molar-refractivity contribution in [2.45, 2.75) is 0 Å². The first kappa shape index (κ1) is 30.7. The quantitative estimate of drug-likeness (QED) is 0.181. The van der Waals surface area contributed by atoms with Crippen molar-refractivity contribution in [2.24, 2.45) is 0 Å². The molecule has 0 N–H and O–H groups in total. The summed E-state index contributed by atoms with van der Waals surface area (Å²) in [4.78, 5) is 20.2. The van der Waals surface area contributed by atoms with Gasteiger partial charge in [0.1, 0.15) is 11.1 Å². The standard InChI is InChI=1S/C50H29N5O/c1-2-12-32-28-34(22-21-30(32)10-1)48-52-49(54-50(53-48)40-16-8-19-43-45(40)46-44(56-43)20-9-27-51-46)35-24-25-36-33(29-35)13-7-18-41(36)55-42-17-6-5-15-38(42)39-26-23-31-11-3-4-14-37(31)47(39)55/h1-29H. The third-order valence-electron chi connectivity index (χ3n) is 11.1. The summed E-state index contributed by atoms with van der Waals surface area (Å²) in [5, 5.41) is 10.3. The number of fused-ring (bicyclic) bond motifs is 10. The molecule has 0 fully saturated rings. The molecule has 0 spiro atoms. The summed E-state index contributed by atoms with van der Waals surface area (Å²) < 4.78 is 8.65. The van der Waals surface area contributed by atoms with E-state index in [1.807, 2.05) is 30.3 Å². The van der Waals surface area contributed by atoms with Crippen molar-refractivity contribution in [3.63, 3.8) is 0 Å². The van der Waals surface area contributed by atoms with Crippen LogP contribution in [0, 0.1) is 0 Å². The SMILES string of the molecule is c1ccc2cc(-c3nc(-c4ccc5c(-n6c7ccccc7c7ccc8ccccc8c76)cccc5c4)nc(-c4cccc5oc6cccnc6c45)n3)ccc2c1. The summed E-state index contributed by atoms with van der Waals surface area (Å²) in [7, 11) is 0. The lowest BCUT2D eigenvalue weighted by Gasteiger charge is -2.14. The molecule has 0 bridgehead atoms. The Hall–Kier alpha value is -7.70. The number of furan rings is 1. The maximum atomic E-state index is 6.22. The number of para-hydroxylation sites is 1. The minimum Gasteiger partial charge on any atom is -0.454 e. The molecule has 0 aliphatic heterocycles. The maximum Gasteiger partial charge on any atom is 0.164 e. The van der Waals surface area contributed by atoms with E-state index in [0.29, 0.717) is 17.5 Å². The number of hydrogen-bond donors (Lipinski definition) is 0. The molecule has 0 saturated carbocycles. The van der Waals surface area contributed by atoms with Crippen LogP contribution in [0.4, 0.5) is 0 Å². The van der Waals surface area contributed by atoms with E-state index in [2.05, 4.69) is 144 Å². The minimum atomic E-state index is 0.558. The Labute approximate surface area is 320 Å². The summed E-state index contributed by atoms with van der Waals surface area (Å²) in [6.07, 6.45) is 1.79. The summed E-state index contributed by atoms with van der Waals surface area (Å²) >= 11 is 0. The van der Waals surface area contributed by atoms with Crippen LogP contribution in [0.15, 0.2) is 180 Å². The van der Waals surface area contributed by atoms with Gasteiger partial charge in [-0.15, -0.1) is 0 Å². The molecule has 6 nitrogen and oxygen atoms in total. The zero-order valence-electron chi connectivity index (χ0n) is 29.9. The third-order valence-corrected chi connectivity index (χ3v) is 11.1. The Kier molecular flexibility index (Phi) is 6.53. The molecule has 4 heterocycles. The van der Waals surface area contributed by atoms with E-state index in [1.165, 1.54) is 32.6 Å². The molecule has 6 heteroatoms. The normalized spacial score (nSPS) is 11.9. The molecular formula is C50H29N5O. The fourth-order valence-electron chi connectivity index (χ4n) is 8.49. The molecule has 12 aromatic rings. The van der Waals surface area contributed by atoms with Crippen molar-refractivity contribution in [1.82, 2.24) is 24.5 Å². The number of rotatable bonds is 4. The van der Waals surface area contributed by atoms with Gasteiger partial charge in [0, 0.05) is 44.4 Å². The second kappa shape index (κ2) is 11.9. The molecule has 0 aliphatic carbocycles. The molecule has 0 atom stereocenters. The van der Waals surface area contributed by atoms with Crippen LogP contribution in [-0.2, 0) is 0 Å². The van der Waals surface area contributed by atoms with Crippen molar-refractivity contribution in [1.29, 1.82) is 0 Å². The molecular weight excluding hydrogens is 687 g/mol. The van der Waals surface area contributed by atoms with E-state index >= 15 is 0 Å². The third kappa shape index (κ3) is 4.63. The summed E-state index contributed by atoms with van der Waals surface area (Å²) in [6.45, 7) is 0. The second-order valence-corrected chi connectivity index (χ2v) is 14.2. The lowest BCUT2D eigenvalue weighted by atomic mass is 10.0. The number of hydrogen-bond acceptors (Lipinski definition) is 5. The van der Waals surface area contributed by atoms with Gasteiger partial charge in [-0.3, -0.25) is 4.98 Å². The van der Waals surface area contributed by atoms with Gasteiger partial charge in [-0.05, 0) is 64.0 Å². The van der Waals surface area contributed by atoms with Gasteiger partial charge in [0.2, 0.25) is 0 Å². The highest BCUT2D eigenvalue weighted by Gasteiger charge is 2.20. The zero-order chi connectivity index (χ0) is 36.7. The summed E-state index contributed by atoms with van der Waals surface area (Å²) in [5.41, 5.74) is 8.40. The second-order valence-electron chi connectivity index (χ2n) is 14.2. The van der Waals surface area contributed by atoms with E-state index in [9.17, 15) is 0 Å². The fraction of sp³-hybridized carbons (Fsp3) is 0. The molecule has 0 aliphatic rings. The van der Waals surface area contributed by atoms with Crippen molar-refractivity contribution in [3.05, 3.63) is 176 Å². The van der Waals surface area contributed by atoms with E-state index in [1.54, 1.807) is 6.20 Å². The number of nitrogens with zero attached hydrogens (tertiary/aromatic N) is 5. The number of benzene rings is 8. The van der Waals surface area contributed by atoms with Gasteiger partial charge in [-0.25, -0.2) is 15.0 Å². The Balaban J connectivity index is 1.08. The first-order chi connectivity index (χ1) is 27.7. The molecule has 56 heavy (non-hydrogen) atoms. The molecule has 260 valence electrons. The Morgan fingerprint density at radius 1 is 0.429 bits per heavy atom. The topological polar surface area (TPSA) is 69.6 Å². The molecule has 12 rings (SSSR count). The van der Waals surface area contributed by atoms with Crippen LogP contribution < -0.4 is 0 Å². The van der Waals surface area contributed by atoms with Crippen LogP contribution in [0.3, 0.4) is 0 Å². The first-order valence-corrected chi connectivity index (χ1v) is 18.7. The summed E-state index contributed by atoms with van der Waals surface area (Å²) in [6, 6.07) is 59.4. The van der Waals surface area contributed by atoms with Gasteiger partial charge < -0.3 is 8.98 Å². The molecule has 0 unspecified atom stereocenters. The highest BCUT2D eigenvalue weighted by Crippen LogP contribution is 2.40. The van der Waals surface area contributed by atoms with Gasteiger partial charge in [0.15, 0.2) is 23.1 Å². The Morgan fingerprint density at radius 3 is 1.98 bits per heavy atom. The highest BCUT2D eigenvalue weighted by molar-refractivity contribution is 6.19. The molecule has 4 aromatic heterocycles. The minimum absolute atomic E-state index is 0.558. The summed E-state index contributed by atoms with van der Waals surface area (Å²) in [5.74, 6) is 1.74. The first-order valence-electron chi connectivity index (χ1n) is 18.7.